The van der Waals surface area contributed by atoms with Crippen LogP contribution in [0.1, 0.15) is 32.3 Å². The van der Waals surface area contributed by atoms with E-state index in [9.17, 15) is 4.39 Å². The van der Waals surface area contributed by atoms with Crippen molar-refractivity contribution in [1.29, 1.82) is 0 Å². The highest BCUT2D eigenvalue weighted by molar-refractivity contribution is 7.30. The molecule has 120 valence electrons. The number of rotatable bonds is 5. The average Bonchev–Trinajstić information content (AvgIpc) is 2.35. The zero-order chi connectivity index (χ0) is 16.7. The molecule has 21 heavy (non-hydrogen) atoms. The highest BCUT2D eigenvalue weighted by atomic mass is 31.1. The van der Waals surface area contributed by atoms with Gasteiger partial charge in [0.2, 0.25) is 0 Å². The topological polar surface area (TPSA) is 66.8 Å². The molecule has 0 aromatic heterocycles. The molecule has 1 rings (SSSR count). The Labute approximate surface area is 128 Å². The van der Waals surface area contributed by atoms with Crippen LogP contribution in [0.25, 0.3) is 0 Å². The van der Waals surface area contributed by atoms with Crippen LogP contribution in [0.15, 0.2) is 24.3 Å². The predicted octanol–water partition coefficient (Wildman–Crippen LogP) is 4.32. The summed E-state index contributed by atoms with van der Waals surface area (Å²) < 4.78 is 28.1. The molecule has 0 aliphatic rings. The molecule has 0 radical (unpaired) electrons. The van der Waals surface area contributed by atoms with E-state index in [4.69, 9.17) is 18.8 Å². The Hall–Kier alpha value is -0.653. The standard InChI is InChI=1S/C14H23FOSi.HO3P/c1-6-14(7-2,16-17(3,4)5)12-8-10-13(15)11-9-12;1-4(2)3/h8-11H,6-7H2,1-5H3;(H-,1,2,3)/p+1. The molecule has 0 saturated carbocycles. The van der Waals surface area contributed by atoms with Crippen LogP contribution in [0.4, 0.5) is 4.39 Å². The van der Waals surface area contributed by atoms with Crippen LogP contribution in [0.2, 0.25) is 19.6 Å². The fourth-order valence-electron chi connectivity index (χ4n) is 2.20. The Morgan fingerprint density at radius 3 is 1.81 bits per heavy atom. The summed E-state index contributed by atoms with van der Waals surface area (Å²) in [4.78, 5) is 14.2. The first-order valence-corrected chi connectivity index (χ1v) is 11.4. The summed E-state index contributed by atoms with van der Waals surface area (Å²) in [6, 6.07) is 6.73. The monoisotopic (exact) mass is 335 g/mol. The van der Waals surface area contributed by atoms with E-state index in [0.29, 0.717) is 0 Å². The van der Waals surface area contributed by atoms with Crippen LogP contribution >= 0.6 is 8.25 Å². The van der Waals surface area contributed by atoms with Crippen LogP contribution in [-0.2, 0) is 14.6 Å². The molecule has 1 aromatic carbocycles. The normalized spacial score (nSPS) is 11.6. The minimum atomic E-state index is -2.87. The summed E-state index contributed by atoms with van der Waals surface area (Å²) in [5.41, 5.74) is 0.837. The molecule has 0 aliphatic heterocycles. The smallest absolute Gasteiger partial charge is 0.408 e. The molecule has 0 atom stereocenters. The highest BCUT2D eigenvalue weighted by Crippen LogP contribution is 2.35. The third kappa shape index (κ3) is 7.78. The Kier molecular flexibility index (Phi) is 8.44. The van der Waals surface area contributed by atoms with Gasteiger partial charge in [-0.25, -0.2) is 4.39 Å². The van der Waals surface area contributed by atoms with E-state index in [1.807, 2.05) is 12.1 Å². The molecule has 0 bridgehead atoms. The number of halogens is 1. The van der Waals surface area contributed by atoms with Gasteiger partial charge in [0.15, 0.2) is 8.32 Å². The van der Waals surface area contributed by atoms with Gasteiger partial charge in [-0.15, -0.1) is 9.79 Å². The highest BCUT2D eigenvalue weighted by Gasteiger charge is 2.34. The van der Waals surface area contributed by atoms with Crippen molar-refractivity contribution in [2.24, 2.45) is 0 Å². The predicted molar refractivity (Wildman–Crippen MR) is 85.1 cm³/mol. The van der Waals surface area contributed by atoms with E-state index < -0.39 is 16.6 Å². The molecular formula is C14H25FO4PSi+. The van der Waals surface area contributed by atoms with Crippen LogP contribution in [0.3, 0.4) is 0 Å². The zero-order valence-corrected chi connectivity index (χ0v) is 15.2. The first-order valence-electron chi connectivity index (χ1n) is 6.87. The van der Waals surface area contributed by atoms with E-state index in [1.54, 1.807) is 0 Å². The van der Waals surface area contributed by atoms with Gasteiger partial charge >= 0.3 is 8.25 Å². The van der Waals surface area contributed by atoms with Crippen molar-refractivity contribution in [3.63, 3.8) is 0 Å². The first-order chi connectivity index (χ1) is 9.56. The Balaban J connectivity index is 0.000000885. The van der Waals surface area contributed by atoms with Crippen LogP contribution in [0, 0.1) is 5.82 Å². The largest absolute Gasteiger partial charge is 0.692 e. The fraction of sp³-hybridized carbons (Fsp3) is 0.571. The van der Waals surface area contributed by atoms with Gasteiger partial charge in [0.25, 0.3) is 0 Å². The molecule has 2 N–H and O–H groups in total. The molecule has 7 heteroatoms. The van der Waals surface area contributed by atoms with Gasteiger partial charge in [-0.2, -0.15) is 0 Å². The lowest BCUT2D eigenvalue weighted by Crippen LogP contribution is -2.40. The molecule has 0 unspecified atom stereocenters. The third-order valence-electron chi connectivity index (χ3n) is 3.01. The molecule has 0 aliphatic carbocycles. The van der Waals surface area contributed by atoms with Crippen LogP contribution in [-0.4, -0.2) is 18.1 Å². The maximum atomic E-state index is 13.0. The van der Waals surface area contributed by atoms with Crippen molar-refractivity contribution >= 4 is 16.6 Å². The quantitative estimate of drug-likeness (QED) is 0.621. The molecule has 0 fully saturated rings. The summed E-state index contributed by atoms with van der Waals surface area (Å²) in [6.07, 6.45) is 1.83. The zero-order valence-electron chi connectivity index (χ0n) is 13.3. The third-order valence-corrected chi connectivity index (χ3v) is 4.02. The maximum absolute atomic E-state index is 13.0. The van der Waals surface area contributed by atoms with Gasteiger partial charge < -0.3 is 4.43 Å². The lowest BCUT2D eigenvalue weighted by atomic mass is 9.89. The van der Waals surface area contributed by atoms with Gasteiger partial charge in [-0.3, -0.25) is 0 Å². The lowest BCUT2D eigenvalue weighted by Gasteiger charge is -2.38. The van der Waals surface area contributed by atoms with E-state index >= 15 is 0 Å². The molecule has 0 saturated heterocycles. The van der Waals surface area contributed by atoms with E-state index in [1.165, 1.54) is 12.1 Å². The average molecular weight is 335 g/mol. The van der Waals surface area contributed by atoms with Crippen molar-refractivity contribution in [3.05, 3.63) is 35.6 Å². The Morgan fingerprint density at radius 2 is 1.52 bits per heavy atom. The second-order valence-electron chi connectivity index (χ2n) is 5.68. The van der Waals surface area contributed by atoms with E-state index in [-0.39, 0.29) is 11.4 Å². The molecule has 0 spiro atoms. The lowest BCUT2D eigenvalue weighted by molar-refractivity contribution is 0.0488. The van der Waals surface area contributed by atoms with E-state index in [0.717, 1.165) is 18.4 Å². The van der Waals surface area contributed by atoms with Crippen molar-refractivity contribution < 1.29 is 23.2 Å². The molecule has 0 heterocycles. The van der Waals surface area contributed by atoms with Crippen LogP contribution < -0.4 is 0 Å². The fourth-order valence-corrected chi connectivity index (χ4v) is 3.78. The van der Waals surface area contributed by atoms with E-state index in [2.05, 4.69) is 33.5 Å². The first kappa shape index (κ1) is 20.3. The Morgan fingerprint density at radius 1 is 1.14 bits per heavy atom. The van der Waals surface area contributed by atoms with Crippen molar-refractivity contribution in [2.45, 2.75) is 51.9 Å². The Bertz CT molecular complexity index is 437. The minimum Gasteiger partial charge on any atom is -0.408 e. The van der Waals surface area contributed by atoms with Gasteiger partial charge in [-0.1, -0.05) is 26.0 Å². The number of hydrogen-bond acceptors (Lipinski definition) is 2. The van der Waals surface area contributed by atoms with Crippen LogP contribution in [0.5, 0.6) is 0 Å². The van der Waals surface area contributed by atoms with Gasteiger partial charge in [0.05, 0.1) is 5.60 Å². The molecule has 4 nitrogen and oxygen atoms in total. The summed E-state index contributed by atoms with van der Waals surface area (Å²) in [5.74, 6) is -0.192. The summed E-state index contributed by atoms with van der Waals surface area (Å²) in [5, 5.41) is 0. The van der Waals surface area contributed by atoms with Gasteiger partial charge in [0.1, 0.15) is 5.82 Å². The number of hydrogen-bond donors (Lipinski definition) is 2. The molecular weight excluding hydrogens is 310 g/mol. The second kappa shape index (κ2) is 8.71. The molecule has 0 amide bonds. The summed E-state index contributed by atoms with van der Waals surface area (Å²) in [7, 11) is -4.50. The number of benzene rings is 1. The van der Waals surface area contributed by atoms with Gasteiger partial charge in [0, 0.05) is 4.57 Å². The SMILES string of the molecule is CCC(CC)(O[Si](C)(C)C)c1ccc(F)cc1.O=[P+](O)O. The second-order valence-corrected chi connectivity index (χ2v) is 10.6. The van der Waals surface area contributed by atoms with Crippen molar-refractivity contribution in [2.75, 3.05) is 0 Å². The van der Waals surface area contributed by atoms with Gasteiger partial charge in [-0.05, 0) is 50.2 Å². The maximum Gasteiger partial charge on any atom is 0.692 e. The minimum absolute atomic E-state index is 0.192. The summed E-state index contributed by atoms with van der Waals surface area (Å²) >= 11 is 0. The van der Waals surface area contributed by atoms with Crippen molar-refractivity contribution in [3.8, 4) is 0 Å². The summed E-state index contributed by atoms with van der Waals surface area (Å²) in [6.45, 7) is 10.8. The molecule has 1 aromatic rings. The van der Waals surface area contributed by atoms with Crippen molar-refractivity contribution in [1.82, 2.24) is 0 Å².